The van der Waals surface area contributed by atoms with E-state index in [1.165, 1.54) is 31.7 Å². The van der Waals surface area contributed by atoms with Crippen molar-refractivity contribution in [2.24, 2.45) is 0 Å². The monoisotopic (exact) mass is 369 g/mol. The number of aromatic nitrogens is 2. The van der Waals surface area contributed by atoms with Crippen LogP contribution in [0.15, 0.2) is 30.3 Å². The summed E-state index contributed by atoms with van der Waals surface area (Å²) in [7, 11) is 0. The van der Waals surface area contributed by atoms with Crippen molar-refractivity contribution in [1.29, 1.82) is 0 Å². The summed E-state index contributed by atoms with van der Waals surface area (Å²) < 4.78 is 14.1. The summed E-state index contributed by atoms with van der Waals surface area (Å²) in [5, 5.41) is 0. The normalized spacial score (nSPS) is 18.5. The van der Waals surface area contributed by atoms with Crippen LogP contribution in [0.3, 0.4) is 0 Å². The predicted molar refractivity (Wildman–Crippen MR) is 108 cm³/mol. The Morgan fingerprint density at radius 2 is 1.44 bits per heavy atom. The van der Waals surface area contributed by atoms with Gasteiger partial charge in [-0.05, 0) is 31.9 Å². The van der Waals surface area contributed by atoms with Gasteiger partial charge < -0.3 is 14.7 Å². The molecule has 1 aromatic heterocycles. The lowest BCUT2D eigenvalue weighted by Gasteiger charge is -2.37. The van der Waals surface area contributed by atoms with Gasteiger partial charge in [0.25, 0.3) is 0 Å². The molecule has 0 N–H and O–H groups in total. The highest BCUT2D eigenvalue weighted by Crippen LogP contribution is 2.24. The molecule has 2 fully saturated rings. The maximum atomic E-state index is 14.1. The molecular formula is C21H28FN5. The van der Waals surface area contributed by atoms with Crippen molar-refractivity contribution in [3.05, 3.63) is 41.8 Å². The second-order valence-electron chi connectivity index (χ2n) is 7.49. The SMILES string of the molecule is Cc1cc(N2CCN(c3ccccc3F)CC2)nc(N2CCCCCC2)n1. The summed E-state index contributed by atoms with van der Waals surface area (Å²) in [5.41, 5.74) is 1.71. The average molecular weight is 369 g/mol. The van der Waals surface area contributed by atoms with Crippen LogP contribution in [0.1, 0.15) is 31.4 Å². The summed E-state index contributed by atoms with van der Waals surface area (Å²) in [6, 6.07) is 9.09. The molecule has 1 aromatic carbocycles. The van der Waals surface area contributed by atoms with Gasteiger partial charge in [0, 0.05) is 51.0 Å². The Bertz CT molecular complexity index is 765. The maximum absolute atomic E-state index is 14.1. The largest absolute Gasteiger partial charge is 0.366 e. The first-order valence-electron chi connectivity index (χ1n) is 10.1. The molecule has 0 amide bonds. The minimum atomic E-state index is -0.146. The molecule has 5 nitrogen and oxygen atoms in total. The van der Waals surface area contributed by atoms with Crippen LogP contribution in [0, 0.1) is 12.7 Å². The van der Waals surface area contributed by atoms with E-state index in [1.807, 2.05) is 19.1 Å². The highest BCUT2D eigenvalue weighted by molar-refractivity contribution is 5.51. The quantitative estimate of drug-likeness (QED) is 0.826. The third kappa shape index (κ3) is 4.15. The fourth-order valence-electron chi connectivity index (χ4n) is 4.00. The Morgan fingerprint density at radius 1 is 0.778 bits per heavy atom. The molecule has 3 heterocycles. The Kier molecular flexibility index (Phi) is 5.41. The number of piperazine rings is 1. The van der Waals surface area contributed by atoms with Crippen molar-refractivity contribution in [1.82, 2.24) is 9.97 Å². The zero-order valence-electron chi connectivity index (χ0n) is 16.1. The Balaban J connectivity index is 1.47. The lowest BCUT2D eigenvalue weighted by atomic mass is 10.2. The lowest BCUT2D eigenvalue weighted by molar-refractivity contribution is 0.595. The molecule has 2 aliphatic heterocycles. The van der Waals surface area contributed by atoms with E-state index >= 15 is 0 Å². The minimum Gasteiger partial charge on any atom is -0.366 e. The number of aryl methyl sites for hydroxylation is 1. The summed E-state index contributed by atoms with van der Waals surface area (Å²) in [5.74, 6) is 1.71. The highest BCUT2D eigenvalue weighted by Gasteiger charge is 2.22. The molecule has 0 atom stereocenters. The zero-order chi connectivity index (χ0) is 18.6. The van der Waals surface area contributed by atoms with Crippen LogP contribution in [0.2, 0.25) is 0 Å². The molecule has 0 radical (unpaired) electrons. The van der Waals surface area contributed by atoms with E-state index < -0.39 is 0 Å². The highest BCUT2D eigenvalue weighted by atomic mass is 19.1. The number of benzene rings is 1. The molecule has 0 aliphatic carbocycles. The summed E-state index contributed by atoms with van der Waals surface area (Å²) >= 11 is 0. The van der Waals surface area contributed by atoms with Gasteiger partial charge in [0.1, 0.15) is 11.6 Å². The molecular weight excluding hydrogens is 341 g/mol. The van der Waals surface area contributed by atoms with E-state index in [4.69, 9.17) is 9.97 Å². The number of para-hydroxylation sites is 1. The van der Waals surface area contributed by atoms with Gasteiger partial charge in [-0.25, -0.2) is 9.37 Å². The van der Waals surface area contributed by atoms with Gasteiger partial charge in [-0.1, -0.05) is 25.0 Å². The number of hydrogen-bond donors (Lipinski definition) is 0. The van der Waals surface area contributed by atoms with Crippen LogP contribution in [-0.2, 0) is 0 Å². The Morgan fingerprint density at radius 3 is 2.15 bits per heavy atom. The molecule has 144 valence electrons. The van der Waals surface area contributed by atoms with Crippen LogP contribution in [0.4, 0.5) is 21.8 Å². The number of anilines is 3. The second-order valence-corrected chi connectivity index (χ2v) is 7.49. The standard InChI is InChI=1S/C21H28FN5/c1-17-16-20(24-21(23-17)27-10-6-2-3-7-11-27)26-14-12-25(13-15-26)19-9-5-4-8-18(19)22/h4-5,8-9,16H,2-3,6-7,10-15H2,1H3. The van der Waals surface area contributed by atoms with Crippen LogP contribution in [0.25, 0.3) is 0 Å². The van der Waals surface area contributed by atoms with Crippen molar-refractivity contribution in [3.63, 3.8) is 0 Å². The second kappa shape index (κ2) is 8.11. The molecule has 0 unspecified atom stereocenters. The Labute approximate surface area is 160 Å². The van der Waals surface area contributed by atoms with Gasteiger partial charge >= 0.3 is 0 Å². The van der Waals surface area contributed by atoms with E-state index in [0.717, 1.165) is 56.7 Å². The van der Waals surface area contributed by atoms with E-state index in [2.05, 4.69) is 20.8 Å². The first-order valence-corrected chi connectivity index (χ1v) is 10.1. The van der Waals surface area contributed by atoms with Gasteiger partial charge in [0.15, 0.2) is 0 Å². The van der Waals surface area contributed by atoms with Crippen LogP contribution in [-0.4, -0.2) is 49.2 Å². The number of nitrogens with zero attached hydrogens (tertiary/aromatic N) is 5. The number of hydrogen-bond acceptors (Lipinski definition) is 5. The fraction of sp³-hybridized carbons (Fsp3) is 0.524. The van der Waals surface area contributed by atoms with E-state index in [9.17, 15) is 4.39 Å². The molecule has 6 heteroatoms. The van der Waals surface area contributed by atoms with Crippen molar-refractivity contribution in [2.75, 3.05) is 54.0 Å². The topological polar surface area (TPSA) is 35.5 Å². The predicted octanol–water partition coefficient (Wildman–Crippen LogP) is 3.63. The van der Waals surface area contributed by atoms with Crippen molar-refractivity contribution >= 4 is 17.5 Å². The van der Waals surface area contributed by atoms with Gasteiger partial charge in [0.2, 0.25) is 5.95 Å². The van der Waals surface area contributed by atoms with Crippen molar-refractivity contribution < 1.29 is 4.39 Å². The van der Waals surface area contributed by atoms with Gasteiger partial charge in [-0.15, -0.1) is 0 Å². The van der Waals surface area contributed by atoms with Crippen LogP contribution in [0.5, 0.6) is 0 Å². The van der Waals surface area contributed by atoms with E-state index in [0.29, 0.717) is 5.69 Å². The van der Waals surface area contributed by atoms with Gasteiger partial charge in [-0.2, -0.15) is 4.98 Å². The summed E-state index contributed by atoms with van der Waals surface area (Å²) in [6.45, 7) is 7.40. The van der Waals surface area contributed by atoms with E-state index in [1.54, 1.807) is 6.07 Å². The van der Waals surface area contributed by atoms with Crippen LogP contribution >= 0.6 is 0 Å². The molecule has 2 aliphatic rings. The summed E-state index contributed by atoms with van der Waals surface area (Å²) in [4.78, 5) is 16.3. The Hall–Kier alpha value is -2.37. The number of halogens is 1. The van der Waals surface area contributed by atoms with Crippen LogP contribution < -0.4 is 14.7 Å². The molecule has 2 saturated heterocycles. The number of rotatable bonds is 3. The summed E-state index contributed by atoms with van der Waals surface area (Å²) in [6.07, 6.45) is 5.03. The zero-order valence-corrected chi connectivity index (χ0v) is 16.1. The first-order chi connectivity index (χ1) is 13.2. The molecule has 0 saturated carbocycles. The van der Waals surface area contributed by atoms with E-state index in [-0.39, 0.29) is 5.82 Å². The van der Waals surface area contributed by atoms with Crippen molar-refractivity contribution in [3.8, 4) is 0 Å². The third-order valence-electron chi connectivity index (χ3n) is 5.51. The minimum absolute atomic E-state index is 0.146. The van der Waals surface area contributed by atoms with Crippen molar-refractivity contribution in [2.45, 2.75) is 32.6 Å². The first kappa shape index (κ1) is 18.0. The third-order valence-corrected chi connectivity index (χ3v) is 5.51. The molecule has 0 spiro atoms. The molecule has 2 aromatic rings. The maximum Gasteiger partial charge on any atom is 0.227 e. The lowest BCUT2D eigenvalue weighted by Crippen LogP contribution is -2.47. The van der Waals surface area contributed by atoms with Gasteiger partial charge in [-0.3, -0.25) is 0 Å². The average Bonchev–Trinajstić information content (AvgIpc) is 2.98. The molecule has 27 heavy (non-hydrogen) atoms. The molecule has 4 rings (SSSR count). The van der Waals surface area contributed by atoms with Gasteiger partial charge in [0.05, 0.1) is 5.69 Å². The smallest absolute Gasteiger partial charge is 0.227 e. The molecule has 0 bridgehead atoms. The fourth-order valence-corrected chi connectivity index (χ4v) is 4.00.